The molecule has 1 fully saturated rings. The van der Waals surface area contributed by atoms with E-state index in [1.165, 1.54) is 25.0 Å². The van der Waals surface area contributed by atoms with Crippen molar-refractivity contribution in [1.82, 2.24) is 19.8 Å². The molecule has 1 aliphatic heterocycles. The van der Waals surface area contributed by atoms with E-state index in [-0.39, 0.29) is 0 Å². The summed E-state index contributed by atoms with van der Waals surface area (Å²) >= 11 is 0. The third-order valence-corrected chi connectivity index (χ3v) is 3.58. The third kappa shape index (κ3) is 3.07. The summed E-state index contributed by atoms with van der Waals surface area (Å²) < 4.78 is 2.34. The lowest BCUT2D eigenvalue weighted by atomic mass is 10.1. The molecule has 2 heterocycles. The van der Waals surface area contributed by atoms with Gasteiger partial charge >= 0.3 is 0 Å². The number of hydrogen-bond acceptors (Lipinski definition) is 3. The predicted molar refractivity (Wildman–Crippen MR) is 70.1 cm³/mol. The zero-order chi connectivity index (χ0) is 12.3. The number of nitrogens with one attached hydrogen (secondary N) is 1. The minimum Gasteiger partial charge on any atom is -0.330 e. The molecule has 1 aliphatic rings. The number of nitrogens with zero attached hydrogens (tertiary/aromatic N) is 3. The third-order valence-electron chi connectivity index (χ3n) is 3.58. The molecule has 0 radical (unpaired) electrons. The van der Waals surface area contributed by atoms with Crippen molar-refractivity contribution in [3.05, 3.63) is 18.2 Å². The molecule has 96 valence electrons. The molecule has 2 atom stereocenters. The largest absolute Gasteiger partial charge is 0.330 e. The number of hydrogen-bond donors (Lipinski definition) is 1. The lowest BCUT2D eigenvalue weighted by molar-refractivity contribution is 0.351. The summed E-state index contributed by atoms with van der Waals surface area (Å²) in [4.78, 5) is 6.56. The Morgan fingerprint density at radius 1 is 1.59 bits per heavy atom. The van der Waals surface area contributed by atoms with Gasteiger partial charge in [0.25, 0.3) is 0 Å². The molecule has 17 heavy (non-hydrogen) atoms. The van der Waals surface area contributed by atoms with Gasteiger partial charge in [-0.15, -0.1) is 0 Å². The van der Waals surface area contributed by atoms with Crippen LogP contribution < -0.4 is 5.32 Å². The summed E-state index contributed by atoms with van der Waals surface area (Å²) in [5, 5.41) is 3.55. The van der Waals surface area contributed by atoms with E-state index in [2.05, 4.69) is 40.8 Å². The van der Waals surface area contributed by atoms with Crippen molar-refractivity contribution in [2.24, 2.45) is 0 Å². The van der Waals surface area contributed by atoms with Crippen molar-refractivity contribution in [3.8, 4) is 0 Å². The molecular weight excluding hydrogens is 212 g/mol. The summed E-state index contributed by atoms with van der Waals surface area (Å²) in [7, 11) is 4.25. The van der Waals surface area contributed by atoms with Crippen molar-refractivity contribution in [1.29, 1.82) is 0 Å². The Kier molecular flexibility index (Phi) is 4.18. The Hall–Kier alpha value is -0.870. The summed E-state index contributed by atoms with van der Waals surface area (Å²) in [6.45, 7) is 4.54. The molecular formula is C13H24N4. The maximum atomic E-state index is 4.32. The normalized spacial score (nSPS) is 22.2. The maximum absolute atomic E-state index is 4.32. The molecule has 0 amide bonds. The standard InChI is InChI=1S/C13H24N4/c1-11(6-8-16(2)3)17-10-14-9-13(17)12-5-4-7-15-12/h9-12,15H,4-8H2,1-3H3. The van der Waals surface area contributed by atoms with E-state index >= 15 is 0 Å². The van der Waals surface area contributed by atoms with Crippen molar-refractivity contribution in [2.75, 3.05) is 27.2 Å². The molecule has 4 heteroatoms. The highest BCUT2D eigenvalue weighted by Crippen LogP contribution is 2.25. The van der Waals surface area contributed by atoms with Gasteiger partial charge in [-0.3, -0.25) is 0 Å². The summed E-state index contributed by atoms with van der Waals surface area (Å²) in [6.07, 6.45) is 7.70. The topological polar surface area (TPSA) is 33.1 Å². The zero-order valence-electron chi connectivity index (χ0n) is 11.2. The Bertz CT molecular complexity index is 339. The number of aromatic nitrogens is 2. The van der Waals surface area contributed by atoms with Gasteiger partial charge in [0.15, 0.2) is 0 Å². The Balaban J connectivity index is 2.02. The fourth-order valence-electron chi connectivity index (χ4n) is 2.47. The molecule has 4 nitrogen and oxygen atoms in total. The molecule has 2 unspecified atom stereocenters. The van der Waals surface area contributed by atoms with E-state index in [0.717, 1.165) is 13.1 Å². The van der Waals surface area contributed by atoms with Gasteiger partial charge in [0, 0.05) is 18.3 Å². The van der Waals surface area contributed by atoms with Crippen LogP contribution in [0.15, 0.2) is 12.5 Å². The van der Waals surface area contributed by atoms with Gasteiger partial charge in [-0.05, 0) is 53.4 Å². The van der Waals surface area contributed by atoms with E-state index in [1.807, 2.05) is 12.5 Å². The molecule has 1 aromatic heterocycles. The van der Waals surface area contributed by atoms with Crippen LogP contribution >= 0.6 is 0 Å². The smallest absolute Gasteiger partial charge is 0.0951 e. The van der Waals surface area contributed by atoms with E-state index in [9.17, 15) is 0 Å². The van der Waals surface area contributed by atoms with Gasteiger partial charge in [0.05, 0.1) is 12.0 Å². The minimum atomic E-state index is 0.513. The molecule has 0 bridgehead atoms. The van der Waals surface area contributed by atoms with Gasteiger partial charge in [0.1, 0.15) is 0 Å². The fraction of sp³-hybridized carbons (Fsp3) is 0.769. The summed E-state index contributed by atoms with van der Waals surface area (Å²) in [5.41, 5.74) is 1.36. The van der Waals surface area contributed by atoms with E-state index in [0.29, 0.717) is 12.1 Å². The van der Waals surface area contributed by atoms with E-state index in [4.69, 9.17) is 0 Å². The number of imidazole rings is 1. The van der Waals surface area contributed by atoms with Crippen molar-refractivity contribution in [3.63, 3.8) is 0 Å². The molecule has 2 rings (SSSR count). The molecule has 0 aromatic carbocycles. The average Bonchev–Trinajstić information content (AvgIpc) is 2.94. The highest BCUT2D eigenvalue weighted by molar-refractivity contribution is 5.08. The highest BCUT2D eigenvalue weighted by Gasteiger charge is 2.21. The van der Waals surface area contributed by atoms with Crippen LogP contribution in [0.5, 0.6) is 0 Å². The second kappa shape index (κ2) is 5.65. The second-order valence-corrected chi connectivity index (χ2v) is 5.32. The van der Waals surface area contributed by atoms with Crippen LogP contribution in [0.2, 0.25) is 0 Å². The van der Waals surface area contributed by atoms with Gasteiger partial charge in [-0.25, -0.2) is 4.98 Å². The Labute approximate surface area is 104 Å². The van der Waals surface area contributed by atoms with Gasteiger partial charge in [-0.2, -0.15) is 0 Å². The highest BCUT2D eigenvalue weighted by atomic mass is 15.1. The summed E-state index contributed by atoms with van der Waals surface area (Å²) in [5.74, 6) is 0. The molecule has 0 aliphatic carbocycles. The Morgan fingerprint density at radius 3 is 3.06 bits per heavy atom. The average molecular weight is 236 g/mol. The van der Waals surface area contributed by atoms with Gasteiger partial charge < -0.3 is 14.8 Å². The van der Waals surface area contributed by atoms with Crippen LogP contribution in [0.4, 0.5) is 0 Å². The van der Waals surface area contributed by atoms with E-state index in [1.54, 1.807) is 0 Å². The first-order valence-corrected chi connectivity index (χ1v) is 6.58. The molecule has 1 aromatic rings. The predicted octanol–water partition coefficient (Wildman–Crippen LogP) is 1.82. The first-order valence-electron chi connectivity index (χ1n) is 6.58. The van der Waals surface area contributed by atoms with Crippen LogP contribution in [-0.2, 0) is 0 Å². The Morgan fingerprint density at radius 2 is 2.41 bits per heavy atom. The minimum absolute atomic E-state index is 0.513. The fourth-order valence-corrected chi connectivity index (χ4v) is 2.47. The zero-order valence-corrected chi connectivity index (χ0v) is 11.2. The monoisotopic (exact) mass is 236 g/mol. The number of rotatable bonds is 5. The van der Waals surface area contributed by atoms with Gasteiger partial charge in [0.2, 0.25) is 0 Å². The van der Waals surface area contributed by atoms with Crippen LogP contribution in [0.25, 0.3) is 0 Å². The molecule has 0 spiro atoms. The molecule has 0 saturated carbocycles. The van der Waals surface area contributed by atoms with Crippen LogP contribution in [0, 0.1) is 0 Å². The first kappa shape index (κ1) is 12.6. The van der Waals surface area contributed by atoms with E-state index < -0.39 is 0 Å². The van der Waals surface area contributed by atoms with Crippen LogP contribution in [0.1, 0.15) is 44.0 Å². The molecule has 1 saturated heterocycles. The van der Waals surface area contributed by atoms with Gasteiger partial charge in [-0.1, -0.05) is 0 Å². The van der Waals surface area contributed by atoms with Crippen molar-refractivity contribution < 1.29 is 0 Å². The first-order chi connectivity index (χ1) is 8.18. The van der Waals surface area contributed by atoms with Crippen molar-refractivity contribution in [2.45, 2.75) is 38.3 Å². The lowest BCUT2D eigenvalue weighted by Crippen LogP contribution is -2.21. The second-order valence-electron chi connectivity index (χ2n) is 5.32. The quantitative estimate of drug-likeness (QED) is 0.846. The van der Waals surface area contributed by atoms with Crippen LogP contribution in [0.3, 0.4) is 0 Å². The lowest BCUT2D eigenvalue weighted by Gasteiger charge is -2.21. The maximum Gasteiger partial charge on any atom is 0.0951 e. The SMILES string of the molecule is CC(CCN(C)C)n1cncc1C1CCCN1. The van der Waals surface area contributed by atoms with Crippen LogP contribution in [-0.4, -0.2) is 41.6 Å². The molecule has 1 N–H and O–H groups in total. The van der Waals surface area contributed by atoms with Crippen molar-refractivity contribution >= 4 is 0 Å². The summed E-state index contributed by atoms with van der Waals surface area (Å²) in [6, 6.07) is 1.04.